The van der Waals surface area contributed by atoms with Crippen LogP contribution >= 0.6 is 0 Å². The van der Waals surface area contributed by atoms with Gasteiger partial charge in [-0.25, -0.2) is 9.59 Å². The van der Waals surface area contributed by atoms with Gasteiger partial charge in [0.25, 0.3) is 0 Å². The summed E-state index contributed by atoms with van der Waals surface area (Å²) in [5.41, 5.74) is -0.704. The van der Waals surface area contributed by atoms with E-state index < -0.39 is 29.8 Å². The minimum atomic E-state index is -1.54. The zero-order valence-corrected chi connectivity index (χ0v) is 15.8. The summed E-state index contributed by atoms with van der Waals surface area (Å²) in [6, 6.07) is 6.03. The van der Waals surface area contributed by atoms with Crippen LogP contribution in [0.1, 0.15) is 27.2 Å². The van der Waals surface area contributed by atoms with E-state index in [0.717, 1.165) is 7.11 Å². The van der Waals surface area contributed by atoms with Gasteiger partial charge in [0.15, 0.2) is 6.10 Å². The third-order valence-corrected chi connectivity index (χ3v) is 3.28. The zero-order valence-electron chi connectivity index (χ0n) is 15.8. The molecule has 8 nitrogen and oxygen atoms in total. The molecule has 1 aromatic carbocycles. The summed E-state index contributed by atoms with van der Waals surface area (Å²) in [5, 5.41) is 12.6. The van der Waals surface area contributed by atoms with Crippen LogP contribution < -0.4 is 14.8 Å². The molecule has 0 aliphatic carbocycles. The number of amides is 1. The summed E-state index contributed by atoms with van der Waals surface area (Å²) in [6.07, 6.45) is -2.11. The number of methoxy groups -OCH3 is 2. The molecule has 0 aliphatic heterocycles. The number of carbonyl (C=O) groups excluding carboxylic acids is 2. The normalized spacial score (nSPS) is 13.3. The van der Waals surface area contributed by atoms with Crippen LogP contribution in [0.15, 0.2) is 24.3 Å². The second-order valence-electron chi connectivity index (χ2n) is 6.53. The molecular formula is C18H27NO7. The third-order valence-electron chi connectivity index (χ3n) is 3.28. The lowest BCUT2D eigenvalue weighted by Gasteiger charge is -2.25. The number of alkyl carbamates (subject to hydrolysis) is 1. The average Bonchev–Trinajstić information content (AvgIpc) is 2.58. The van der Waals surface area contributed by atoms with Crippen LogP contribution in [0.3, 0.4) is 0 Å². The standard InChI is InChI=1S/C18H27NO7/c1-18(2,3)26-17(22)19-14(15(20)16(21)24-5)10-11-25-13-8-6-12(23-4)7-9-13/h6-9,14-15,20H,10-11H2,1-5H3,(H,19,22)/t14-,15+/m1/s1. The van der Waals surface area contributed by atoms with Crippen LogP contribution in [0.4, 0.5) is 4.79 Å². The van der Waals surface area contributed by atoms with Crippen molar-refractivity contribution in [3.05, 3.63) is 24.3 Å². The summed E-state index contributed by atoms with van der Waals surface area (Å²) < 4.78 is 20.3. The fourth-order valence-electron chi connectivity index (χ4n) is 2.03. The maximum Gasteiger partial charge on any atom is 0.407 e. The molecule has 8 heteroatoms. The first-order valence-corrected chi connectivity index (χ1v) is 8.18. The molecule has 0 aliphatic rings. The summed E-state index contributed by atoms with van der Waals surface area (Å²) in [6.45, 7) is 5.29. The van der Waals surface area contributed by atoms with Crippen LogP contribution in [0.5, 0.6) is 11.5 Å². The van der Waals surface area contributed by atoms with E-state index in [2.05, 4.69) is 10.1 Å². The lowest BCUT2D eigenvalue weighted by molar-refractivity contribution is -0.152. The molecule has 1 amide bonds. The van der Waals surface area contributed by atoms with Crippen molar-refractivity contribution < 1.29 is 33.6 Å². The number of nitrogens with one attached hydrogen (secondary N) is 1. The van der Waals surface area contributed by atoms with E-state index in [1.165, 1.54) is 0 Å². The smallest absolute Gasteiger partial charge is 0.407 e. The van der Waals surface area contributed by atoms with Crippen LogP contribution in [0.2, 0.25) is 0 Å². The molecule has 2 atom stereocenters. The van der Waals surface area contributed by atoms with Crippen molar-refractivity contribution in [1.82, 2.24) is 5.32 Å². The van der Waals surface area contributed by atoms with Gasteiger partial charge >= 0.3 is 12.1 Å². The summed E-state index contributed by atoms with van der Waals surface area (Å²) in [4.78, 5) is 23.5. The number of aliphatic hydroxyl groups is 1. The van der Waals surface area contributed by atoms with E-state index in [-0.39, 0.29) is 13.0 Å². The molecule has 0 heterocycles. The van der Waals surface area contributed by atoms with Gasteiger partial charge in [-0.2, -0.15) is 0 Å². The Balaban J connectivity index is 2.65. The highest BCUT2D eigenvalue weighted by molar-refractivity contribution is 5.76. The Morgan fingerprint density at radius 3 is 2.19 bits per heavy atom. The number of carbonyl (C=O) groups is 2. The number of rotatable bonds is 8. The number of hydrogen-bond donors (Lipinski definition) is 2. The number of ether oxygens (including phenoxy) is 4. The van der Waals surface area contributed by atoms with Crippen molar-refractivity contribution in [2.75, 3.05) is 20.8 Å². The first-order valence-electron chi connectivity index (χ1n) is 8.18. The molecule has 0 saturated carbocycles. The molecule has 2 N–H and O–H groups in total. The van der Waals surface area contributed by atoms with E-state index >= 15 is 0 Å². The summed E-state index contributed by atoms with van der Waals surface area (Å²) in [7, 11) is 2.72. The van der Waals surface area contributed by atoms with Gasteiger partial charge < -0.3 is 29.4 Å². The molecule has 146 valence electrons. The number of aliphatic hydroxyl groups excluding tert-OH is 1. The van der Waals surface area contributed by atoms with Crippen LogP contribution in [-0.2, 0) is 14.3 Å². The van der Waals surface area contributed by atoms with Gasteiger partial charge in [-0.3, -0.25) is 0 Å². The summed E-state index contributed by atoms with van der Waals surface area (Å²) in [5.74, 6) is 0.438. The Labute approximate surface area is 153 Å². The highest BCUT2D eigenvalue weighted by Crippen LogP contribution is 2.17. The molecule has 0 fully saturated rings. The predicted molar refractivity (Wildman–Crippen MR) is 94.3 cm³/mol. The van der Waals surface area contributed by atoms with E-state index in [4.69, 9.17) is 14.2 Å². The minimum Gasteiger partial charge on any atom is -0.497 e. The Morgan fingerprint density at radius 1 is 1.12 bits per heavy atom. The van der Waals surface area contributed by atoms with Crippen molar-refractivity contribution in [1.29, 1.82) is 0 Å². The van der Waals surface area contributed by atoms with Gasteiger partial charge in [0.05, 0.1) is 26.9 Å². The minimum absolute atomic E-state index is 0.154. The molecule has 0 saturated heterocycles. The first kappa shape index (κ1) is 21.6. The second-order valence-corrected chi connectivity index (χ2v) is 6.53. The van der Waals surface area contributed by atoms with E-state index in [0.29, 0.717) is 11.5 Å². The lowest BCUT2D eigenvalue weighted by atomic mass is 10.1. The quantitative estimate of drug-likeness (QED) is 0.675. The van der Waals surface area contributed by atoms with Crippen molar-refractivity contribution in [2.24, 2.45) is 0 Å². The van der Waals surface area contributed by atoms with Gasteiger partial charge in [-0.1, -0.05) is 0 Å². The van der Waals surface area contributed by atoms with Crippen molar-refractivity contribution in [2.45, 2.75) is 44.9 Å². The van der Waals surface area contributed by atoms with E-state index in [9.17, 15) is 14.7 Å². The Hall–Kier alpha value is -2.48. The number of hydrogen-bond acceptors (Lipinski definition) is 7. The molecule has 1 rings (SSSR count). The molecule has 0 spiro atoms. The van der Waals surface area contributed by atoms with Crippen LogP contribution in [-0.4, -0.2) is 55.7 Å². The van der Waals surface area contributed by atoms with E-state index in [1.807, 2.05) is 0 Å². The largest absolute Gasteiger partial charge is 0.497 e. The highest BCUT2D eigenvalue weighted by Gasteiger charge is 2.30. The van der Waals surface area contributed by atoms with Gasteiger partial charge in [-0.05, 0) is 45.0 Å². The maximum absolute atomic E-state index is 11.9. The molecule has 0 aromatic heterocycles. The van der Waals surface area contributed by atoms with Gasteiger partial charge in [-0.15, -0.1) is 0 Å². The molecule has 0 radical (unpaired) electrons. The van der Waals surface area contributed by atoms with Gasteiger partial charge in [0.2, 0.25) is 0 Å². The molecule has 0 unspecified atom stereocenters. The van der Waals surface area contributed by atoms with Crippen LogP contribution in [0.25, 0.3) is 0 Å². The average molecular weight is 369 g/mol. The third kappa shape index (κ3) is 7.60. The first-order chi connectivity index (χ1) is 12.2. The SMILES string of the molecule is COC(=O)[C@@H](O)[C@@H](CCOc1ccc(OC)cc1)NC(=O)OC(C)(C)C. The zero-order chi connectivity index (χ0) is 19.7. The molecule has 1 aromatic rings. The van der Waals surface area contributed by atoms with Crippen molar-refractivity contribution in [3.63, 3.8) is 0 Å². The Morgan fingerprint density at radius 2 is 1.69 bits per heavy atom. The van der Waals surface area contributed by atoms with E-state index in [1.54, 1.807) is 52.1 Å². The monoisotopic (exact) mass is 369 g/mol. The predicted octanol–water partition coefficient (Wildman–Crippen LogP) is 1.89. The van der Waals surface area contributed by atoms with Crippen molar-refractivity contribution >= 4 is 12.1 Å². The van der Waals surface area contributed by atoms with Gasteiger partial charge in [0.1, 0.15) is 17.1 Å². The Bertz CT molecular complexity index is 580. The number of benzene rings is 1. The Kier molecular flexibility index (Phi) is 8.18. The maximum atomic E-state index is 11.9. The molecule has 0 bridgehead atoms. The van der Waals surface area contributed by atoms with Crippen LogP contribution in [0, 0.1) is 0 Å². The molecular weight excluding hydrogens is 342 g/mol. The van der Waals surface area contributed by atoms with Crippen molar-refractivity contribution in [3.8, 4) is 11.5 Å². The second kappa shape index (κ2) is 9.86. The topological polar surface area (TPSA) is 103 Å². The molecule has 26 heavy (non-hydrogen) atoms. The van der Waals surface area contributed by atoms with Gasteiger partial charge in [0, 0.05) is 6.42 Å². The fraction of sp³-hybridized carbons (Fsp3) is 0.556. The fourth-order valence-corrected chi connectivity index (χ4v) is 2.03. The lowest BCUT2D eigenvalue weighted by Crippen LogP contribution is -2.49. The number of esters is 1. The summed E-state index contributed by atoms with van der Waals surface area (Å²) >= 11 is 0. The highest BCUT2D eigenvalue weighted by atomic mass is 16.6.